The standard InChI is InChI=1S/C19H22BFO4.2C17H28BFO4.C13H20BFO4.C12H18BFO4.C11H16BFO4/c1-3-22-14(2)23-12-16-11-17(21)9-10-18(16)20-24-13-19(25-20)15-7-5-4-6-8-15;2*1-7-20-14(6)21-11-15-10-16(19)8-9-17(15)18(22-12(2)3)23-13(4)5;1-5-18-10(2)19-9-11-8-12(15)6-7-13(11)14(16-3)17-4;1-4-17-9(2)18-8-10-7-11(14)5-6-12(10)13(15)16-3;1-3-16-8(2)17-7-9-6-10(13)4-5-11(9)12(14)15/h4-11,14,19H,3,12-13H2,1-2H3;2*8-10,12-14H,7,11H2,1-6H3;6-8,10H,5,9H2,1-4H3;5-7,9,15H,4,8H2,1-3H3;4-6,8,14-15H,3,7H2,1-2H3. The van der Waals surface area contributed by atoms with Crippen LogP contribution in [0.4, 0.5) is 26.3 Å². The van der Waals surface area contributed by atoms with Crippen molar-refractivity contribution in [3.05, 3.63) is 213 Å². The second-order valence-electron chi connectivity index (χ2n) is 28.9. The molecule has 0 aromatic heterocycles. The zero-order chi connectivity index (χ0) is 93.1. The molecule has 0 bridgehead atoms. The van der Waals surface area contributed by atoms with Crippen LogP contribution in [-0.2, 0) is 138 Å². The normalized spacial score (nSPS) is 13.9. The van der Waals surface area contributed by atoms with Crippen molar-refractivity contribution in [3.8, 4) is 0 Å². The zero-order valence-electron chi connectivity index (χ0n) is 77.0. The number of ether oxygens (including phenoxy) is 12. The molecule has 692 valence electrons. The van der Waals surface area contributed by atoms with Crippen molar-refractivity contribution < 1.29 is 140 Å². The molecule has 3 N–H and O–H groups in total. The Morgan fingerprint density at radius 2 is 0.592 bits per heavy atom. The average Bonchev–Trinajstić information content (AvgIpc) is 1.76. The molecule has 125 heavy (non-hydrogen) atoms. The van der Waals surface area contributed by atoms with Crippen molar-refractivity contribution in [2.24, 2.45) is 0 Å². The zero-order valence-corrected chi connectivity index (χ0v) is 77.0. The maximum absolute atomic E-state index is 13.7. The second-order valence-corrected chi connectivity index (χ2v) is 28.9. The first-order valence-corrected chi connectivity index (χ1v) is 42.2. The van der Waals surface area contributed by atoms with Gasteiger partial charge in [0.05, 0.1) is 52.4 Å². The maximum Gasteiger partial charge on any atom is 0.494 e. The molecule has 7 atom stereocenters. The molecule has 1 aliphatic rings. The van der Waals surface area contributed by atoms with Gasteiger partial charge in [0.1, 0.15) is 34.9 Å². The Labute approximate surface area is 739 Å². The topological polar surface area (TPSA) is 255 Å². The minimum absolute atomic E-state index is 0.0140. The average molecular weight is 1760 g/mol. The van der Waals surface area contributed by atoms with Crippen molar-refractivity contribution in [2.75, 3.05) is 67.6 Å². The van der Waals surface area contributed by atoms with E-state index < -0.39 is 54.8 Å². The van der Waals surface area contributed by atoms with Crippen LogP contribution in [0, 0.1) is 34.9 Å². The van der Waals surface area contributed by atoms with E-state index in [0.717, 1.165) is 27.4 Å². The summed E-state index contributed by atoms with van der Waals surface area (Å²) in [6.07, 6.45) is -2.41. The van der Waals surface area contributed by atoms with Gasteiger partial charge in [0.15, 0.2) is 37.7 Å². The molecule has 0 amide bonds. The number of halogens is 6. The fourth-order valence-corrected chi connectivity index (χ4v) is 11.8. The molecule has 36 heteroatoms. The summed E-state index contributed by atoms with van der Waals surface area (Å²) in [6, 6.07) is 35.8. The van der Waals surface area contributed by atoms with Gasteiger partial charge in [-0.25, -0.2) is 26.3 Å². The van der Waals surface area contributed by atoms with Gasteiger partial charge in [-0.3, -0.25) is 0 Å². The summed E-state index contributed by atoms with van der Waals surface area (Å²) in [7, 11) is -0.484. The molecule has 0 radical (unpaired) electrons. The van der Waals surface area contributed by atoms with Crippen LogP contribution < -0.4 is 32.8 Å². The van der Waals surface area contributed by atoms with Gasteiger partial charge < -0.3 is 114 Å². The Kier molecular flexibility index (Phi) is 57.3. The SMILES string of the molecule is CCOC(C)OCc1cc(F)ccc1B(O)O.CCOC(C)OCc1cc(F)ccc1B(O)OC.CCOC(C)OCc1cc(F)ccc1B(OC(C)C)OC(C)C.CCOC(C)OCc1cc(F)ccc1B(OC(C)C)OC(C)C.CCOC(C)OCc1cc(F)ccc1B(OC)OC.CCOC(C)OCc1cc(F)ccc1B1OCC(c2ccccc2)O1. The monoisotopic (exact) mass is 1760 g/mol. The largest absolute Gasteiger partial charge is 0.494 e. The van der Waals surface area contributed by atoms with E-state index in [0.29, 0.717) is 85.1 Å². The number of rotatable bonds is 48. The quantitative estimate of drug-likeness (QED) is 0.0182. The highest BCUT2D eigenvalue weighted by Crippen LogP contribution is 2.26. The van der Waals surface area contributed by atoms with Gasteiger partial charge in [0.25, 0.3) is 0 Å². The van der Waals surface area contributed by atoms with Crippen LogP contribution in [-0.4, -0.2) is 188 Å². The van der Waals surface area contributed by atoms with Gasteiger partial charge in [0, 0.05) is 85.4 Å². The van der Waals surface area contributed by atoms with Crippen molar-refractivity contribution in [1.82, 2.24) is 0 Å². The molecule has 0 spiro atoms. The minimum atomic E-state index is -1.64. The summed E-state index contributed by atoms with van der Waals surface area (Å²) in [4.78, 5) is 0. The molecule has 1 saturated heterocycles. The summed E-state index contributed by atoms with van der Waals surface area (Å²) in [5.41, 5.74) is 8.57. The van der Waals surface area contributed by atoms with Crippen molar-refractivity contribution >= 4 is 75.5 Å². The highest BCUT2D eigenvalue weighted by molar-refractivity contribution is 6.63. The number of hydrogen-bond acceptors (Lipinski definition) is 24. The van der Waals surface area contributed by atoms with Gasteiger partial charge in [-0.05, 0) is 283 Å². The first-order valence-electron chi connectivity index (χ1n) is 42.2. The van der Waals surface area contributed by atoms with Crippen molar-refractivity contribution in [2.45, 2.75) is 246 Å². The van der Waals surface area contributed by atoms with Gasteiger partial charge in [-0.15, -0.1) is 0 Å². The number of benzene rings is 7. The lowest BCUT2D eigenvalue weighted by atomic mass is 9.75. The van der Waals surface area contributed by atoms with E-state index in [2.05, 4.69) is 0 Å². The lowest BCUT2D eigenvalue weighted by Gasteiger charge is -2.22. The van der Waals surface area contributed by atoms with E-state index in [1.54, 1.807) is 45.0 Å². The van der Waals surface area contributed by atoms with Crippen LogP contribution in [0.1, 0.15) is 184 Å². The molecule has 7 aromatic rings. The Morgan fingerprint density at radius 1 is 0.328 bits per heavy atom. The Hall–Kier alpha value is -6.45. The van der Waals surface area contributed by atoms with Crippen molar-refractivity contribution in [1.29, 1.82) is 0 Å². The van der Waals surface area contributed by atoms with Crippen molar-refractivity contribution in [3.63, 3.8) is 0 Å². The van der Waals surface area contributed by atoms with Gasteiger partial charge >= 0.3 is 42.7 Å². The van der Waals surface area contributed by atoms with E-state index >= 15 is 0 Å². The van der Waals surface area contributed by atoms with E-state index in [-0.39, 0.29) is 136 Å². The smallest absolute Gasteiger partial charge is 0.423 e. The van der Waals surface area contributed by atoms with Crippen LogP contribution in [0.25, 0.3) is 0 Å². The summed E-state index contributed by atoms with van der Waals surface area (Å²) in [5, 5.41) is 27.9. The van der Waals surface area contributed by atoms with E-state index in [1.807, 2.05) is 148 Å². The third-order valence-corrected chi connectivity index (χ3v) is 17.5. The van der Waals surface area contributed by atoms with Crippen LogP contribution in [0.3, 0.4) is 0 Å². The first-order chi connectivity index (χ1) is 59.6. The Bertz CT molecular complexity index is 3920. The highest BCUT2D eigenvalue weighted by Gasteiger charge is 2.36. The Morgan fingerprint density at radius 3 is 0.880 bits per heavy atom. The fourth-order valence-electron chi connectivity index (χ4n) is 11.8. The molecule has 7 unspecified atom stereocenters. The van der Waals surface area contributed by atoms with Crippen LogP contribution in [0.15, 0.2) is 140 Å². The minimum Gasteiger partial charge on any atom is -0.423 e. The lowest BCUT2D eigenvalue weighted by Crippen LogP contribution is -2.43. The molecule has 7 aromatic carbocycles. The van der Waals surface area contributed by atoms with E-state index in [9.17, 15) is 31.4 Å². The van der Waals surface area contributed by atoms with Gasteiger partial charge in [0.2, 0.25) is 0 Å². The first kappa shape index (κ1) is 113. The molecule has 1 aliphatic heterocycles. The summed E-state index contributed by atoms with van der Waals surface area (Å²) >= 11 is 0. The molecule has 24 nitrogen and oxygen atoms in total. The van der Waals surface area contributed by atoms with Crippen LogP contribution in [0.2, 0.25) is 0 Å². The Balaban J connectivity index is 0.000000389. The molecular weight excluding hydrogens is 1630 g/mol. The lowest BCUT2D eigenvalue weighted by molar-refractivity contribution is -0.134. The third-order valence-electron chi connectivity index (χ3n) is 17.5. The van der Waals surface area contributed by atoms with Gasteiger partial charge in [-0.2, -0.15) is 0 Å². The third kappa shape index (κ3) is 45.1. The molecule has 1 fully saturated rings. The molecular formula is C89H132B6F6O24. The van der Waals surface area contributed by atoms with E-state index in [4.69, 9.17) is 109 Å². The summed E-state index contributed by atoms with van der Waals surface area (Å²) in [5.74, 6) is -2.10. The summed E-state index contributed by atoms with van der Waals surface area (Å²) in [6.45, 7) is 42.4. The predicted octanol–water partition coefficient (Wildman–Crippen LogP) is 12.9. The predicted molar refractivity (Wildman–Crippen MR) is 475 cm³/mol. The molecule has 1 heterocycles. The molecule has 0 aliphatic carbocycles. The maximum atomic E-state index is 13.7. The number of hydrogen-bond donors (Lipinski definition) is 3. The molecule has 0 saturated carbocycles. The summed E-state index contributed by atoms with van der Waals surface area (Å²) < 4.78 is 196. The van der Waals surface area contributed by atoms with Crippen LogP contribution in [0.5, 0.6) is 0 Å². The van der Waals surface area contributed by atoms with Gasteiger partial charge in [-0.1, -0.05) is 66.7 Å². The molecule has 8 rings (SSSR count). The van der Waals surface area contributed by atoms with Crippen LogP contribution >= 0.6 is 0 Å². The highest BCUT2D eigenvalue weighted by atomic mass is 19.1. The van der Waals surface area contributed by atoms with E-state index in [1.165, 1.54) is 106 Å². The fraction of sp³-hybridized carbons (Fsp3) is 0.528. The second kappa shape index (κ2) is 63.5.